The molecule has 0 aliphatic heterocycles. The number of rotatable bonds is 6. The first kappa shape index (κ1) is 11.4. The van der Waals surface area contributed by atoms with Crippen LogP contribution in [0.15, 0.2) is 12.7 Å². The van der Waals surface area contributed by atoms with Crippen LogP contribution in [0.5, 0.6) is 0 Å². The highest BCUT2D eigenvalue weighted by atomic mass is 16.3. The lowest BCUT2D eigenvalue weighted by molar-refractivity contribution is -0.117. The largest absolute Gasteiger partial charge is 0.389 e. The predicted octanol–water partition coefficient (Wildman–Crippen LogP) is 1.93. The van der Waals surface area contributed by atoms with E-state index in [9.17, 15) is 9.90 Å². The van der Waals surface area contributed by atoms with Crippen molar-refractivity contribution in [3.05, 3.63) is 12.7 Å². The number of hydrogen-bond acceptors (Lipinski definition) is 2. The summed E-state index contributed by atoms with van der Waals surface area (Å²) in [5.41, 5.74) is 0. The van der Waals surface area contributed by atoms with Crippen LogP contribution in [0.3, 0.4) is 0 Å². The van der Waals surface area contributed by atoms with Gasteiger partial charge in [0.1, 0.15) is 5.78 Å². The van der Waals surface area contributed by atoms with Gasteiger partial charge in [-0.05, 0) is 25.7 Å². The topological polar surface area (TPSA) is 37.3 Å². The van der Waals surface area contributed by atoms with Gasteiger partial charge >= 0.3 is 0 Å². The van der Waals surface area contributed by atoms with Crippen molar-refractivity contribution in [3.8, 4) is 0 Å². The van der Waals surface area contributed by atoms with E-state index in [1.54, 1.807) is 13.0 Å². The molecule has 0 spiro atoms. The second-order valence-corrected chi connectivity index (χ2v) is 3.30. The smallest absolute Gasteiger partial charge is 0.129 e. The molecule has 0 aliphatic rings. The number of ketones is 1. The van der Waals surface area contributed by atoms with Gasteiger partial charge in [-0.3, -0.25) is 0 Å². The first-order valence-corrected chi connectivity index (χ1v) is 4.38. The molecule has 0 rings (SSSR count). The number of hydrogen-bond donors (Lipinski definition) is 1. The number of carbonyl (C=O) groups is 1. The van der Waals surface area contributed by atoms with Crippen LogP contribution < -0.4 is 0 Å². The van der Waals surface area contributed by atoms with E-state index in [4.69, 9.17) is 0 Å². The minimum absolute atomic E-state index is 0.210. The fourth-order valence-electron chi connectivity index (χ4n) is 1.08. The molecule has 0 heterocycles. The van der Waals surface area contributed by atoms with E-state index in [1.807, 2.05) is 6.92 Å². The summed E-state index contributed by atoms with van der Waals surface area (Å²) >= 11 is 0. The fraction of sp³-hybridized carbons (Fsp3) is 0.700. The minimum Gasteiger partial charge on any atom is -0.389 e. The summed E-state index contributed by atoms with van der Waals surface area (Å²) in [7, 11) is 0. The third-order valence-corrected chi connectivity index (χ3v) is 2.01. The number of Topliss-reactive ketones (excluding diaryl/α,β-unsaturated/α-hetero) is 1. The Hall–Kier alpha value is -0.630. The summed E-state index contributed by atoms with van der Waals surface area (Å²) in [5, 5.41) is 9.29. The van der Waals surface area contributed by atoms with E-state index in [2.05, 4.69) is 6.58 Å². The molecule has 0 aromatic heterocycles. The third kappa shape index (κ3) is 5.08. The van der Waals surface area contributed by atoms with Crippen molar-refractivity contribution in [1.29, 1.82) is 0 Å². The molecular weight excluding hydrogens is 152 g/mol. The normalized spacial score (nSPS) is 15.2. The number of aliphatic hydroxyl groups excluding tert-OH is 1. The van der Waals surface area contributed by atoms with Crippen LogP contribution in [0.1, 0.15) is 33.1 Å². The van der Waals surface area contributed by atoms with Gasteiger partial charge in [0.05, 0.1) is 6.10 Å². The Kier molecular flexibility index (Phi) is 5.64. The Morgan fingerprint density at radius 3 is 2.67 bits per heavy atom. The van der Waals surface area contributed by atoms with Gasteiger partial charge in [-0.15, -0.1) is 6.58 Å². The molecule has 2 nitrogen and oxygen atoms in total. The van der Waals surface area contributed by atoms with Crippen molar-refractivity contribution in [2.45, 2.75) is 39.2 Å². The van der Waals surface area contributed by atoms with Crippen LogP contribution in [0.4, 0.5) is 0 Å². The highest BCUT2D eigenvalue weighted by molar-refractivity contribution is 5.75. The molecule has 0 radical (unpaired) electrons. The number of aliphatic hydroxyl groups is 1. The maximum absolute atomic E-state index is 10.6. The molecule has 0 fully saturated rings. The average molecular weight is 170 g/mol. The van der Waals surface area contributed by atoms with Gasteiger partial charge in [0.15, 0.2) is 0 Å². The first-order chi connectivity index (χ1) is 5.57. The van der Waals surface area contributed by atoms with E-state index < -0.39 is 6.10 Å². The zero-order valence-electron chi connectivity index (χ0n) is 7.92. The van der Waals surface area contributed by atoms with Gasteiger partial charge in [0.2, 0.25) is 0 Å². The Labute approximate surface area is 74.3 Å². The zero-order valence-corrected chi connectivity index (χ0v) is 7.92. The molecule has 0 aromatic carbocycles. The Balaban J connectivity index is 3.49. The molecule has 2 atom stereocenters. The molecular formula is C10H18O2. The van der Waals surface area contributed by atoms with Crippen molar-refractivity contribution >= 4 is 5.78 Å². The van der Waals surface area contributed by atoms with Crippen LogP contribution in [-0.2, 0) is 4.79 Å². The Morgan fingerprint density at radius 1 is 1.67 bits per heavy atom. The molecule has 0 unspecified atom stereocenters. The fourth-order valence-corrected chi connectivity index (χ4v) is 1.08. The summed E-state index contributed by atoms with van der Waals surface area (Å²) < 4.78 is 0. The first-order valence-electron chi connectivity index (χ1n) is 4.38. The van der Waals surface area contributed by atoms with Crippen LogP contribution >= 0.6 is 0 Å². The van der Waals surface area contributed by atoms with Crippen LogP contribution in [0, 0.1) is 5.92 Å². The zero-order chi connectivity index (χ0) is 9.56. The second-order valence-electron chi connectivity index (χ2n) is 3.30. The Morgan fingerprint density at radius 2 is 2.25 bits per heavy atom. The molecule has 0 saturated heterocycles. The average Bonchev–Trinajstić information content (AvgIpc) is 2.02. The Bertz CT molecular complexity index is 152. The summed E-state index contributed by atoms with van der Waals surface area (Å²) in [4.78, 5) is 10.6. The van der Waals surface area contributed by atoms with E-state index in [0.717, 1.165) is 12.8 Å². The van der Waals surface area contributed by atoms with Crippen LogP contribution in [0.2, 0.25) is 0 Å². The highest BCUT2D eigenvalue weighted by Crippen LogP contribution is 2.12. The van der Waals surface area contributed by atoms with E-state index in [0.29, 0.717) is 6.42 Å². The molecule has 0 amide bonds. The van der Waals surface area contributed by atoms with Crippen LogP contribution in [0.25, 0.3) is 0 Å². The SMILES string of the molecule is C=C[C@@H](O)[C@@H](C)CCCC(C)=O. The molecule has 0 aliphatic carbocycles. The molecule has 70 valence electrons. The van der Waals surface area contributed by atoms with E-state index >= 15 is 0 Å². The monoisotopic (exact) mass is 170 g/mol. The van der Waals surface area contributed by atoms with Crippen molar-refractivity contribution in [1.82, 2.24) is 0 Å². The lowest BCUT2D eigenvalue weighted by atomic mass is 9.97. The summed E-state index contributed by atoms with van der Waals surface area (Å²) in [5.74, 6) is 0.428. The summed E-state index contributed by atoms with van der Waals surface area (Å²) in [6.07, 6.45) is 3.47. The number of carbonyl (C=O) groups excluding carboxylic acids is 1. The van der Waals surface area contributed by atoms with E-state index in [-0.39, 0.29) is 11.7 Å². The molecule has 0 aromatic rings. The lowest BCUT2D eigenvalue weighted by Gasteiger charge is -2.13. The van der Waals surface area contributed by atoms with Gasteiger partial charge in [-0.1, -0.05) is 13.0 Å². The van der Waals surface area contributed by atoms with Gasteiger partial charge < -0.3 is 9.90 Å². The van der Waals surface area contributed by atoms with E-state index in [1.165, 1.54) is 0 Å². The molecule has 0 bridgehead atoms. The van der Waals surface area contributed by atoms with Gasteiger partial charge in [0.25, 0.3) is 0 Å². The predicted molar refractivity (Wildman–Crippen MR) is 49.9 cm³/mol. The second kappa shape index (κ2) is 5.95. The summed E-state index contributed by atoms with van der Waals surface area (Å²) in [6, 6.07) is 0. The van der Waals surface area contributed by atoms with Crippen molar-refractivity contribution in [2.24, 2.45) is 5.92 Å². The molecule has 12 heavy (non-hydrogen) atoms. The van der Waals surface area contributed by atoms with Gasteiger partial charge in [-0.25, -0.2) is 0 Å². The maximum atomic E-state index is 10.6. The van der Waals surface area contributed by atoms with Crippen molar-refractivity contribution < 1.29 is 9.90 Å². The molecule has 2 heteroatoms. The van der Waals surface area contributed by atoms with Gasteiger partial charge in [-0.2, -0.15) is 0 Å². The van der Waals surface area contributed by atoms with Crippen molar-refractivity contribution in [2.75, 3.05) is 0 Å². The summed E-state index contributed by atoms with van der Waals surface area (Å²) in [6.45, 7) is 7.06. The third-order valence-electron chi connectivity index (χ3n) is 2.01. The van der Waals surface area contributed by atoms with Crippen molar-refractivity contribution in [3.63, 3.8) is 0 Å². The quantitative estimate of drug-likeness (QED) is 0.618. The maximum Gasteiger partial charge on any atom is 0.129 e. The minimum atomic E-state index is -0.433. The lowest BCUT2D eigenvalue weighted by Crippen LogP contribution is -2.14. The highest BCUT2D eigenvalue weighted by Gasteiger charge is 2.09. The molecule has 0 saturated carbocycles. The molecule has 1 N–H and O–H groups in total. The van der Waals surface area contributed by atoms with Crippen LogP contribution in [-0.4, -0.2) is 17.0 Å². The standard InChI is InChI=1S/C10H18O2/c1-4-10(12)8(2)6-5-7-9(3)11/h4,8,10,12H,1,5-7H2,2-3H3/t8-,10+/m0/s1. The van der Waals surface area contributed by atoms with Gasteiger partial charge in [0, 0.05) is 6.42 Å².